The summed E-state index contributed by atoms with van der Waals surface area (Å²) in [6.07, 6.45) is -5.44. The molecule has 2 saturated heterocycles. The van der Waals surface area contributed by atoms with E-state index in [9.17, 15) is 5.11 Å². The second kappa shape index (κ2) is 23.6. The first-order chi connectivity index (χ1) is 31.9. The molecule has 2 aliphatic rings. The van der Waals surface area contributed by atoms with Gasteiger partial charge in [-0.1, -0.05) is 183 Å². The minimum atomic E-state index is -3.03. The zero-order chi connectivity index (χ0) is 46.7. The van der Waals surface area contributed by atoms with E-state index in [0.29, 0.717) is 19.8 Å². The van der Waals surface area contributed by atoms with Gasteiger partial charge in [0.15, 0.2) is 6.29 Å². The van der Waals surface area contributed by atoms with Crippen molar-refractivity contribution in [2.24, 2.45) is 0 Å². The summed E-state index contributed by atoms with van der Waals surface area (Å²) >= 11 is 0. The monoisotopic (exact) mass is 936 g/mol. The third kappa shape index (κ3) is 12.3. The zero-order valence-corrected chi connectivity index (χ0v) is 42.1. The molecule has 0 saturated carbocycles. The van der Waals surface area contributed by atoms with E-state index in [-0.39, 0.29) is 48.6 Å². The molecule has 0 aliphatic carbocycles. The number of aliphatic hydroxyl groups is 1. The highest BCUT2D eigenvalue weighted by molar-refractivity contribution is 6.84. The Morgan fingerprint density at radius 3 is 1.59 bits per heavy atom. The third-order valence-electron chi connectivity index (χ3n) is 13.0. The van der Waals surface area contributed by atoms with Crippen LogP contribution in [0.4, 0.5) is 0 Å². The fraction of sp³-hybridized carbons (Fsp3) is 0.481. The summed E-state index contributed by atoms with van der Waals surface area (Å²) in [6.45, 7) is 19.2. The van der Waals surface area contributed by atoms with E-state index in [1.807, 2.05) is 103 Å². The molecule has 66 heavy (non-hydrogen) atoms. The van der Waals surface area contributed by atoms with E-state index < -0.39 is 60.0 Å². The van der Waals surface area contributed by atoms with Crippen LogP contribution in [0.3, 0.4) is 0 Å². The molecule has 10 nitrogen and oxygen atoms in total. The molecule has 1 N–H and O–H groups in total. The standard InChI is InChI=1S/C54H72O10Si2/c1-38(2)65(39(3)4)61-37-50-53(63-66(64-65,40(5)6)41(7)8)51(55)54(62-50)60-36-49(58-33-43-22-14-10-15-23-43)52(59-34-44-24-16-11-17-25-44)48(57-32-42-20-12-9-13-21-42)35-56-31-45-28-29-46-26-18-19-27-47(46)30-45/h9-30,38-41,48-55H,31-37H2,1-8H3/t48?,49?,50-,51?,52?,53?,54-/m1/s1. The van der Waals surface area contributed by atoms with Gasteiger partial charge in [-0.3, -0.25) is 0 Å². The quantitative estimate of drug-likeness (QED) is 0.0675. The molecule has 0 bridgehead atoms. The molecule has 5 unspecified atom stereocenters. The van der Waals surface area contributed by atoms with Gasteiger partial charge >= 0.3 is 17.1 Å². The molecule has 0 amide bonds. The van der Waals surface area contributed by atoms with E-state index in [1.54, 1.807) is 0 Å². The van der Waals surface area contributed by atoms with Crippen LogP contribution >= 0.6 is 0 Å². The van der Waals surface area contributed by atoms with E-state index in [1.165, 1.54) is 5.39 Å². The molecule has 2 heterocycles. The fourth-order valence-corrected chi connectivity index (χ4v) is 20.5. The van der Waals surface area contributed by atoms with Crippen molar-refractivity contribution >= 4 is 27.9 Å². The molecular weight excluding hydrogens is 865 g/mol. The molecule has 0 aromatic heterocycles. The van der Waals surface area contributed by atoms with Crippen LogP contribution in [0.1, 0.15) is 77.6 Å². The molecule has 5 aromatic carbocycles. The fourth-order valence-electron chi connectivity index (χ4n) is 9.32. The van der Waals surface area contributed by atoms with Gasteiger partial charge in [-0.2, -0.15) is 0 Å². The van der Waals surface area contributed by atoms with Gasteiger partial charge in [-0.05, 0) is 61.3 Å². The van der Waals surface area contributed by atoms with Gasteiger partial charge in [0.25, 0.3) is 0 Å². The number of hydrogen-bond donors (Lipinski definition) is 1. The number of fused-ring (bicyclic) bond motifs is 2. The lowest BCUT2D eigenvalue weighted by molar-refractivity contribution is -0.217. The summed E-state index contributed by atoms with van der Waals surface area (Å²) in [5.41, 5.74) is 4.58. The van der Waals surface area contributed by atoms with Crippen molar-refractivity contribution in [3.63, 3.8) is 0 Å². The summed E-state index contributed by atoms with van der Waals surface area (Å²) in [7, 11) is -5.87. The van der Waals surface area contributed by atoms with Gasteiger partial charge in [0.05, 0.1) is 46.2 Å². The first kappa shape index (κ1) is 50.3. The first-order valence-electron chi connectivity index (χ1n) is 23.9. The molecule has 7 rings (SSSR count). The number of hydrogen-bond acceptors (Lipinski definition) is 10. The maximum atomic E-state index is 12.2. The largest absolute Gasteiger partial charge is 0.414 e. The molecule has 2 fully saturated rings. The van der Waals surface area contributed by atoms with Crippen LogP contribution in [0.15, 0.2) is 133 Å². The molecule has 356 valence electrons. The van der Waals surface area contributed by atoms with Crippen molar-refractivity contribution in [1.29, 1.82) is 0 Å². The summed E-state index contributed by atoms with van der Waals surface area (Å²) < 4.78 is 62.2. The lowest BCUT2D eigenvalue weighted by atomic mass is 10.1. The molecule has 2 aliphatic heterocycles. The number of benzene rings is 5. The van der Waals surface area contributed by atoms with Gasteiger partial charge in [0.1, 0.15) is 36.6 Å². The summed E-state index contributed by atoms with van der Waals surface area (Å²) in [4.78, 5) is 0. The van der Waals surface area contributed by atoms with Gasteiger partial charge in [0.2, 0.25) is 0 Å². The smallest absolute Gasteiger partial charge is 0.335 e. The van der Waals surface area contributed by atoms with Gasteiger partial charge in [-0.25, -0.2) is 0 Å². The highest BCUT2D eigenvalue weighted by atomic mass is 28.5. The van der Waals surface area contributed by atoms with E-state index in [0.717, 1.165) is 27.6 Å². The Hall–Kier alpha value is -3.61. The third-order valence-corrected chi connectivity index (χ3v) is 23.3. The molecule has 5 aromatic rings. The van der Waals surface area contributed by atoms with Crippen LogP contribution in [0.5, 0.6) is 0 Å². The van der Waals surface area contributed by atoms with E-state index in [2.05, 4.69) is 85.7 Å². The Balaban J connectivity index is 1.18. The number of aliphatic hydroxyl groups excluding tert-OH is 1. The van der Waals surface area contributed by atoms with Crippen LogP contribution in [0, 0.1) is 0 Å². The predicted octanol–water partition coefficient (Wildman–Crippen LogP) is 11.2. The van der Waals surface area contributed by atoms with Crippen LogP contribution in [0.25, 0.3) is 10.8 Å². The van der Waals surface area contributed by atoms with Gasteiger partial charge in [0, 0.05) is 0 Å². The molecule has 0 radical (unpaired) electrons. The van der Waals surface area contributed by atoms with E-state index >= 15 is 0 Å². The average Bonchev–Trinajstić information content (AvgIpc) is 3.60. The average molecular weight is 937 g/mol. The van der Waals surface area contributed by atoms with Crippen molar-refractivity contribution in [3.8, 4) is 0 Å². The molecule has 12 heteroatoms. The SMILES string of the molecule is CC(C)[Si]1(C(C)C)OC[C@H]2O[C@@H](OCC(OCc3ccccc3)C(OCc3ccccc3)C(COCc3ccc4ccccc4c3)OCc3ccccc3)C(O)C2O[Si](C(C)C)(C(C)C)O1. The van der Waals surface area contributed by atoms with Crippen molar-refractivity contribution in [3.05, 3.63) is 156 Å². The van der Waals surface area contributed by atoms with Crippen LogP contribution < -0.4 is 0 Å². The Morgan fingerprint density at radius 2 is 1.05 bits per heavy atom. The highest BCUT2D eigenvalue weighted by Gasteiger charge is 2.61. The second-order valence-electron chi connectivity index (χ2n) is 19.1. The zero-order valence-electron chi connectivity index (χ0n) is 40.1. The Morgan fingerprint density at radius 1 is 0.545 bits per heavy atom. The van der Waals surface area contributed by atoms with Gasteiger partial charge < -0.3 is 46.5 Å². The molecular formula is C54H72O10Si2. The van der Waals surface area contributed by atoms with Crippen molar-refractivity contribution in [2.45, 2.75) is 147 Å². The summed E-state index contributed by atoms with van der Waals surface area (Å²) in [5, 5.41) is 14.5. The Kier molecular flexibility index (Phi) is 18.0. The number of ether oxygens (including phenoxy) is 6. The maximum absolute atomic E-state index is 12.2. The topological polar surface area (TPSA) is 103 Å². The van der Waals surface area contributed by atoms with E-state index in [4.69, 9.17) is 41.4 Å². The van der Waals surface area contributed by atoms with Gasteiger partial charge in [-0.15, -0.1) is 0 Å². The second-order valence-corrected chi connectivity index (χ2v) is 27.9. The normalized spacial score (nSPS) is 22.1. The minimum absolute atomic E-state index is 0.00823. The maximum Gasteiger partial charge on any atom is 0.335 e. The van der Waals surface area contributed by atoms with Crippen molar-refractivity contribution in [2.75, 3.05) is 19.8 Å². The molecule has 7 atom stereocenters. The highest BCUT2D eigenvalue weighted by Crippen LogP contribution is 2.47. The summed E-state index contributed by atoms with van der Waals surface area (Å²) in [5.74, 6) is 0. The Labute approximate surface area is 395 Å². The first-order valence-corrected chi connectivity index (χ1v) is 27.8. The minimum Gasteiger partial charge on any atom is -0.414 e. The predicted molar refractivity (Wildman–Crippen MR) is 263 cm³/mol. The molecule has 0 spiro atoms. The Bertz CT molecular complexity index is 2180. The lowest BCUT2D eigenvalue weighted by Crippen LogP contribution is -2.65. The van der Waals surface area contributed by atoms with Crippen molar-refractivity contribution in [1.82, 2.24) is 0 Å². The van der Waals surface area contributed by atoms with Crippen LogP contribution in [-0.2, 0) is 67.8 Å². The number of rotatable bonds is 22. The lowest BCUT2D eigenvalue weighted by Gasteiger charge is -2.51. The summed E-state index contributed by atoms with van der Waals surface area (Å²) in [6, 6.07) is 44.9. The van der Waals surface area contributed by atoms with Crippen molar-refractivity contribution < 1.29 is 46.5 Å². The van der Waals surface area contributed by atoms with Crippen LogP contribution in [0.2, 0.25) is 22.2 Å². The van der Waals surface area contributed by atoms with Crippen LogP contribution in [-0.4, -0.2) is 85.0 Å².